The summed E-state index contributed by atoms with van der Waals surface area (Å²) in [5, 5.41) is 3.68. The monoisotopic (exact) mass is 283 g/mol. The molecule has 0 atom stereocenters. The molecule has 1 heterocycles. The van der Waals surface area contributed by atoms with E-state index in [4.69, 9.17) is 0 Å². The summed E-state index contributed by atoms with van der Waals surface area (Å²) in [6.45, 7) is 1.55. The van der Waals surface area contributed by atoms with E-state index >= 15 is 0 Å². The van der Waals surface area contributed by atoms with Gasteiger partial charge in [0.25, 0.3) is 0 Å². The fourth-order valence-corrected chi connectivity index (χ4v) is 1.45. The number of nitrogens with zero attached hydrogens (tertiary/aromatic N) is 2. The molecule has 0 aliphatic carbocycles. The second kappa shape index (κ2) is 5.68. The van der Waals surface area contributed by atoms with Crippen LogP contribution in [-0.2, 0) is 0 Å². The second-order valence-corrected chi connectivity index (χ2v) is 3.89. The van der Waals surface area contributed by atoms with Crippen molar-refractivity contribution in [2.24, 2.45) is 5.10 Å². The predicted octanol–water partition coefficient (Wildman–Crippen LogP) is 3.47. The van der Waals surface area contributed by atoms with Crippen LogP contribution in [0.15, 0.2) is 35.7 Å². The van der Waals surface area contributed by atoms with Crippen LogP contribution in [0.3, 0.4) is 0 Å². The summed E-state index contributed by atoms with van der Waals surface area (Å²) in [6, 6.07) is 3.46. The van der Waals surface area contributed by atoms with E-state index in [0.717, 1.165) is 0 Å². The van der Waals surface area contributed by atoms with Gasteiger partial charge < -0.3 is 0 Å². The number of nitrogens with one attached hydrogen (secondary N) is 1. The van der Waals surface area contributed by atoms with Crippen LogP contribution in [0.5, 0.6) is 0 Å². The zero-order valence-corrected chi connectivity index (χ0v) is 10.3. The lowest BCUT2D eigenvalue weighted by atomic mass is 10.2. The Kier molecular flexibility index (Phi) is 3.97. The maximum atomic E-state index is 13.4. The van der Waals surface area contributed by atoms with Crippen LogP contribution in [0.2, 0.25) is 0 Å². The lowest BCUT2D eigenvalue weighted by Gasteiger charge is -2.07. The van der Waals surface area contributed by atoms with E-state index in [1.807, 2.05) is 5.43 Å². The van der Waals surface area contributed by atoms with E-state index in [9.17, 15) is 17.6 Å². The van der Waals surface area contributed by atoms with Gasteiger partial charge in [-0.05, 0) is 13.0 Å². The summed E-state index contributed by atoms with van der Waals surface area (Å²) in [7, 11) is 0. The molecular weight excluding hydrogens is 274 g/mol. The van der Waals surface area contributed by atoms with Crippen molar-refractivity contribution in [2.45, 2.75) is 6.92 Å². The van der Waals surface area contributed by atoms with Gasteiger partial charge in [0, 0.05) is 24.0 Å². The van der Waals surface area contributed by atoms with Gasteiger partial charge in [-0.3, -0.25) is 10.4 Å². The highest BCUT2D eigenvalue weighted by Crippen LogP contribution is 2.24. The molecule has 0 aliphatic heterocycles. The molecule has 1 aromatic carbocycles. The van der Waals surface area contributed by atoms with Crippen LogP contribution in [0.4, 0.5) is 23.2 Å². The highest BCUT2D eigenvalue weighted by molar-refractivity contribution is 5.98. The summed E-state index contributed by atoms with van der Waals surface area (Å²) in [6.07, 6.45) is 3.03. The minimum Gasteiger partial charge on any atom is -0.272 e. The minimum absolute atomic E-state index is 0.132. The quantitative estimate of drug-likeness (QED) is 0.405. The van der Waals surface area contributed by atoms with Crippen LogP contribution in [0.1, 0.15) is 12.5 Å². The SMILES string of the molecule is C/C(=N/Nc1c(F)c(F)cc(F)c1F)c1cccnc1. The maximum absolute atomic E-state index is 13.4. The van der Waals surface area contributed by atoms with Crippen molar-refractivity contribution in [2.75, 3.05) is 5.43 Å². The van der Waals surface area contributed by atoms with Gasteiger partial charge in [-0.2, -0.15) is 5.10 Å². The van der Waals surface area contributed by atoms with Crippen molar-refractivity contribution in [3.8, 4) is 0 Å². The Bertz CT molecular complexity index is 630. The first-order chi connectivity index (χ1) is 9.50. The average molecular weight is 283 g/mol. The van der Waals surface area contributed by atoms with E-state index in [0.29, 0.717) is 11.3 Å². The molecule has 3 nitrogen and oxygen atoms in total. The summed E-state index contributed by atoms with van der Waals surface area (Å²) in [4.78, 5) is 3.85. The number of rotatable bonds is 3. The third-order valence-corrected chi connectivity index (χ3v) is 2.53. The molecule has 0 fully saturated rings. The fraction of sp³-hybridized carbons (Fsp3) is 0.0769. The lowest BCUT2D eigenvalue weighted by Crippen LogP contribution is -2.05. The Labute approximate surface area is 112 Å². The average Bonchev–Trinajstić information content (AvgIpc) is 2.46. The lowest BCUT2D eigenvalue weighted by molar-refractivity contribution is 0.458. The molecule has 0 saturated carbocycles. The van der Waals surface area contributed by atoms with E-state index in [1.165, 1.54) is 6.20 Å². The normalized spacial score (nSPS) is 11.6. The second-order valence-electron chi connectivity index (χ2n) is 3.89. The molecule has 0 radical (unpaired) electrons. The van der Waals surface area contributed by atoms with Gasteiger partial charge >= 0.3 is 0 Å². The van der Waals surface area contributed by atoms with Crippen molar-refractivity contribution in [3.05, 3.63) is 59.4 Å². The third kappa shape index (κ3) is 2.76. The molecule has 104 valence electrons. The van der Waals surface area contributed by atoms with Gasteiger partial charge in [-0.25, -0.2) is 17.6 Å². The molecule has 1 N–H and O–H groups in total. The van der Waals surface area contributed by atoms with Gasteiger partial charge in [0.15, 0.2) is 23.3 Å². The molecule has 7 heteroatoms. The Morgan fingerprint density at radius 1 is 1.15 bits per heavy atom. The van der Waals surface area contributed by atoms with Gasteiger partial charge in [0.05, 0.1) is 5.71 Å². The molecule has 0 amide bonds. The van der Waals surface area contributed by atoms with Gasteiger partial charge in [0.2, 0.25) is 0 Å². The first kappa shape index (κ1) is 14.0. The third-order valence-electron chi connectivity index (χ3n) is 2.53. The van der Waals surface area contributed by atoms with Crippen molar-refractivity contribution in [3.63, 3.8) is 0 Å². The number of anilines is 1. The number of halogens is 4. The minimum atomic E-state index is -1.54. The van der Waals surface area contributed by atoms with Crippen LogP contribution in [0, 0.1) is 23.3 Å². The Morgan fingerprint density at radius 2 is 1.80 bits per heavy atom. The van der Waals surface area contributed by atoms with Crippen molar-refractivity contribution < 1.29 is 17.6 Å². The van der Waals surface area contributed by atoms with E-state index in [-0.39, 0.29) is 6.07 Å². The number of aromatic nitrogens is 1. The number of pyridine rings is 1. The summed E-state index contributed by atoms with van der Waals surface area (Å²) >= 11 is 0. The summed E-state index contributed by atoms with van der Waals surface area (Å²) in [5.41, 5.74) is 1.95. The van der Waals surface area contributed by atoms with Crippen LogP contribution in [0.25, 0.3) is 0 Å². The molecule has 0 aliphatic rings. The van der Waals surface area contributed by atoms with Crippen molar-refractivity contribution >= 4 is 11.4 Å². The van der Waals surface area contributed by atoms with Crippen LogP contribution in [-0.4, -0.2) is 10.7 Å². The first-order valence-electron chi connectivity index (χ1n) is 5.54. The zero-order valence-electron chi connectivity index (χ0n) is 10.3. The molecular formula is C13H9F4N3. The molecule has 2 rings (SSSR count). The first-order valence-corrected chi connectivity index (χ1v) is 5.54. The molecule has 2 aromatic rings. The maximum Gasteiger partial charge on any atom is 0.186 e. The fourth-order valence-electron chi connectivity index (χ4n) is 1.45. The standard InChI is InChI=1S/C13H9F4N3/c1-7(8-3-2-4-18-6-8)19-20-13-11(16)9(14)5-10(15)12(13)17/h2-6,20H,1H3/b19-7-. The van der Waals surface area contributed by atoms with Gasteiger partial charge in [-0.1, -0.05) is 6.07 Å². The summed E-state index contributed by atoms with van der Waals surface area (Å²) < 4.78 is 52.7. The molecule has 0 unspecified atom stereocenters. The van der Waals surface area contributed by atoms with Gasteiger partial charge in [-0.15, -0.1) is 0 Å². The molecule has 0 spiro atoms. The highest BCUT2D eigenvalue weighted by Gasteiger charge is 2.18. The molecule has 1 aromatic heterocycles. The number of benzene rings is 1. The number of hydrazone groups is 1. The zero-order chi connectivity index (χ0) is 14.7. The Balaban J connectivity index is 2.32. The summed E-state index contributed by atoms with van der Waals surface area (Å²) in [5.74, 6) is -6.07. The van der Waals surface area contributed by atoms with Crippen LogP contribution < -0.4 is 5.43 Å². The smallest absolute Gasteiger partial charge is 0.186 e. The predicted molar refractivity (Wildman–Crippen MR) is 66.3 cm³/mol. The molecule has 20 heavy (non-hydrogen) atoms. The molecule has 0 saturated heterocycles. The largest absolute Gasteiger partial charge is 0.272 e. The number of hydrogen-bond donors (Lipinski definition) is 1. The van der Waals surface area contributed by atoms with Crippen LogP contribution >= 0.6 is 0 Å². The Hall–Kier alpha value is -2.44. The molecule has 0 bridgehead atoms. The van der Waals surface area contributed by atoms with E-state index in [2.05, 4.69) is 10.1 Å². The van der Waals surface area contributed by atoms with E-state index < -0.39 is 29.0 Å². The van der Waals surface area contributed by atoms with Crippen molar-refractivity contribution in [1.82, 2.24) is 4.98 Å². The van der Waals surface area contributed by atoms with Gasteiger partial charge in [0.1, 0.15) is 5.69 Å². The Morgan fingerprint density at radius 3 is 2.35 bits per heavy atom. The number of hydrogen-bond acceptors (Lipinski definition) is 3. The van der Waals surface area contributed by atoms with Crippen molar-refractivity contribution in [1.29, 1.82) is 0 Å². The highest BCUT2D eigenvalue weighted by atomic mass is 19.2. The topological polar surface area (TPSA) is 37.3 Å². The van der Waals surface area contributed by atoms with E-state index in [1.54, 1.807) is 25.3 Å².